The topological polar surface area (TPSA) is 4.93 Å². The summed E-state index contributed by atoms with van der Waals surface area (Å²) in [6.07, 6.45) is 0. The molecule has 0 N–H and O–H groups in total. The molecule has 2 heteroatoms. The van der Waals surface area contributed by atoms with Crippen LogP contribution in [0.3, 0.4) is 0 Å². The van der Waals surface area contributed by atoms with Gasteiger partial charge < -0.3 is 4.57 Å². The summed E-state index contributed by atoms with van der Waals surface area (Å²) >= 11 is 1.89. The second kappa shape index (κ2) is 9.03. The Balaban J connectivity index is 1.30. The molecule has 0 aliphatic heterocycles. The largest absolute Gasteiger partial charge is 0.309 e. The fourth-order valence-electron chi connectivity index (χ4n) is 7.40. The Labute approximate surface area is 257 Å². The Kier molecular flexibility index (Phi) is 4.94. The highest BCUT2D eigenvalue weighted by atomic mass is 32.1. The molecule has 10 rings (SSSR count). The van der Waals surface area contributed by atoms with Crippen LogP contribution in [0.5, 0.6) is 0 Å². The third kappa shape index (κ3) is 3.29. The first-order valence-corrected chi connectivity index (χ1v) is 15.9. The van der Waals surface area contributed by atoms with E-state index in [2.05, 4.69) is 156 Å². The lowest BCUT2D eigenvalue weighted by Gasteiger charge is -2.15. The molecule has 204 valence electrons. The minimum absolute atomic E-state index is 1.22. The zero-order valence-electron chi connectivity index (χ0n) is 23.8. The summed E-state index contributed by atoms with van der Waals surface area (Å²) in [5, 5.41) is 12.9. The molecule has 0 fully saturated rings. The first-order chi connectivity index (χ1) is 21.8. The van der Waals surface area contributed by atoms with Gasteiger partial charge in [-0.3, -0.25) is 0 Å². The average Bonchev–Trinajstić information content (AvgIpc) is 3.63. The van der Waals surface area contributed by atoms with E-state index in [0.29, 0.717) is 0 Å². The predicted octanol–water partition coefficient (Wildman–Crippen LogP) is 12.3. The van der Waals surface area contributed by atoms with Crippen molar-refractivity contribution in [3.05, 3.63) is 152 Å². The third-order valence-corrected chi connectivity index (χ3v) is 10.6. The monoisotopic (exact) mass is 575 g/mol. The van der Waals surface area contributed by atoms with Crippen LogP contribution in [0.2, 0.25) is 0 Å². The fraction of sp³-hybridized carbons (Fsp3) is 0. The number of nitrogens with zero attached hydrogens (tertiary/aromatic N) is 1. The molecular formula is C42H25NS. The van der Waals surface area contributed by atoms with Crippen LogP contribution in [0.15, 0.2) is 152 Å². The molecule has 0 saturated heterocycles. The van der Waals surface area contributed by atoms with Gasteiger partial charge in [-0.25, -0.2) is 0 Å². The van der Waals surface area contributed by atoms with Gasteiger partial charge >= 0.3 is 0 Å². The lowest BCUT2D eigenvalue weighted by molar-refractivity contribution is 1.20. The minimum Gasteiger partial charge on any atom is -0.309 e. The molecule has 44 heavy (non-hydrogen) atoms. The highest BCUT2D eigenvalue weighted by molar-refractivity contribution is 7.26. The van der Waals surface area contributed by atoms with Crippen LogP contribution in [-0.2, 0) is 0 Å². The quantitative estimate of drug-likeness (QED) is 0.181. The van der Waals surface area contributed by atoms with Crippen LogP contribution < -0.4 is 0 Å². The molecule has 0 saturated carbocycles. The van der Waals surface area contributed by atoms with E-state index in [4.69, 9.17) is 0 Å². The Morgan fingerprint density at radius 1 is 0.386 bits per heavy atom. The number of para-hydroxylation sites is 1. The van der Waals surface area contributed by atoms with Gasteiger partial charge in [0, 0.05) is 36.3 Å². The summed E-state index contributed by atoms with van der Waals surface area (Å²) in [5.74, 6) is 0. The van der Waals surface area contributed by atoms with Crippen LogP contribution >= 0.6 is 11.3 Å². The molecule has 0 aliphatic rings. The number of hydrogen-bond acceptors (Lipinski definition) is 1. The number of benzene rings is 8. The van der Waals surface area contributed by atoms with E-state index in [1.54, 1.807) is 0 Å². The smallest absolute Gasteiger partial charge is 0.0547 e. The maximum atomic E-state index is 2.48. The van der Waals surface area contributed by atoms with Crippen molar-refractivity contribution in [2.24, 2.45) is 0 Å². The highest BCUT2D eigenvalue weighted by Crippen LogP contribution is 2.43. The normalized spacial score (nSPS) is 12.1. The third-order valence-electron chi connectivity index (χ3n) is 9.37. The second-order valence-electron chi connectivity index (χ2n) is 11.7. The van der Waals surface area contributed by atoms with Gasteiger partial charge in [0.2, 0.25) is 0 Å². The van der Waals surface area contributed by atoms with Gasteiger partial charge in [0.15, 0.2) is 0 Å². The molecule has 1 nitrogen and oxygen atoms in total. The van der Waals surface area contributed by atoms with Crippen LogP contribution in [0, 0.1) is 0 Å². The van der Waals surface area contributed by atoms with Crippen molar-refractivity contribution in [1.82, 2.24) is 4.57 Å². The van der Waals surface area contributed by atoms with Crippen molar-refractivity contribution in [2.45, 2.75) is 0 Å². The van der Waals surface area contributed by atoms with Crippen LogP contribution in [0.25, 0.3) is 91.1 Å². The minimum atomic E-state index is 1.22. The van der Waals surface area contributed by atoms with Gasteiger partial charge in [-0.05, 0) is 68.4 Å². The number of rotatable bonds is 2. The maximum absolute atomic E-state index is 2.48. The van der Waals surface area contributed by atoms with Gasteiger partial charge in [0.25, 0.3) is 0 Å². The molecule has 0 radical (unpaired) electrons. The van der Waals surface area contributed by atoms with E-state index in [1.807, 2.05) is 11.3 Å². The molecule has 0 atom stereocenters. The molecule has 8 aromatic carbocycles. The fourth-order valence-corrected chi connectivity index (χ4v) is 8.64. The second-order valence-corrected chi connectivity index (χ2v) is 12.7. The van der Waals surface area contributed by atoms with Crippen molar-refractivity contribution in [2.75, 3.05) is 0 Å². The van der Waals surface area contributed by atoms with Crippen molar-refractivity contribution < 1.29 is 0 Å². The van der Waals surface area contributed by atoms with Crippen molar-refractivity contribution in [3.63, 3.8) is 0 Å². The lowest BCUT2D eigenvalue weighted by atomic mass is 9.95. The van der Waals surface area contributed by atoms with E-state index in [1.165, 1.54) is 91.1 Å². The zero-order valence-corrected chi connectivity index (χ0v) is 24.6. The molecule has 2 aromatic heterocycles. The Morgan fingerprint density at radius 2 is 1.07 bits per heavy atom. The van der Waals surface area contributed by atoms with Crippen molar-refractivity contribution in [3.8, 4) is 16.8 Å². The standard InChI is InChI=1S/C42H25NS/c1-2-11-28-26(10-1)20-22-31-30-12-3-4-13-32(30)40(25-36(28)31)43-38-18-7-5-14-33(38)37-24-27(21-23-39(37)43)29-16-9-17-35-34-15-6-8-19-41(34)44-42(29)35/h1-25H. The summed E-state index contributed by atoms with van der Waals surface area (Å²) in [4.78, 5) is 0. The summed E-state index contributed by atoms with van der Waals surface area (Å²) in [5.41, 5.74) is 6.22. The van der Waals surface area contributed by atoms with Gasteiger partial charge in [-0.15, -0.1) is 11.3 Å². The van der Waals surface area contributed by atoms with Crippen molar-refractivity contribution >= 4 is 85.6 Å². The van der Waals surface area contributed by atoms with Gasteiger partial charge in [0.1, 0.15) is 0 Å². The Morgan fingerprint density at radius 3 is 1.98 bits per heavy atom. The molecule has 0 spiro atoms. The molecular weight excluding hydrogens is 551 g/mol. The average molecular weight is 576 g/mol. The first-order valence-electron chi connectivity index (χ1n) is 15.1. The summed E-state index contributed by atoms with van der Waals surface area (Å²) < 4.78 is 5.17. The summed E-state index contributed by atoms with van der Waals surface area (Å²) in [6, 6.07) is 56.0. The molecule has 2 heterocycles. The molecule has 0 amide bonds. The van der Waals surface area contributed by atoms with Gasteiger partial charge in [-0.1, -0.05) is 121 Å². The highest BCUT2D eigenvalue weighted by Gasteiger charge is 2.18. The number of fused-ring (bicyclic) bond motifs is 11. The van der Waals surface area contributed by atoms with E-state index in [9.17, 15) is 0 Å². The number of thiophene rings is 1. The van der Waals surface area contributed by atoms with E-state index >= 15 is 0 Å². The summed E-state index contributed by atoms with van der Waals surface area (Å²) in [6.45, 7) is 0. The Bertz CT molecular complexity index is 2780. The van der Waals surface area contributed by atoms with Gasteiger partial charge in [0.05, 0.1) is 16.7 Å². The van der Waals surface area contributed by atoms with Crippen LogP contribution in [0.1, 0.15) is 0 Å². The molecule has 0 aliphatic carbocycles. The van der Waals surface area contributed by atoms with E-state index in [0.717, 1.165) is 0 Å². The first kappa shape index (κ1) is 24.0. The SMILES string of the molecule is c1ccc2c(c1)ccc1c3ccccc3c(-n3c4ccccc4c4cc(-c5cccc6c5sc5ccccc56)ccc43)cc21. The van der Waals surface area contributed by atoms with Gasteiger partial charge in [-0.2, -0.15) is 0 Å². The van der Waals surface area contributed by atoms with E-state index in [-0.39, 0.29) is 0 Å². The van der Waals surface area contributed by atoms with Crippen LogP contribution in [-0.4, -0.2) is 4.57 Å². The molecule has 10 aromatic rings. The predicted molar refractivity (Wildman–Crippen MR) is 192 cm³/mol. The number of hydrogen-bond donors (Lipinski definition) is 0. The molecule has 0 bridgehead atoms. The van der Waals surface area contributed by atoms with Crippen molar-refractivity contribution in [1.29, 1.82) is 0 Å². The molecule has 0 unspecified atom stereocenters. The number of aromatic nitrogens is 1. The lowest BCUT2D eigenvalue weighted by Crippen LogP contribution is -1.96. The Hall–Kier alpha value is -5.44. The van der Waals surface area contributed by atoms with Crippen LogP contribution in [0.4, 0.5) is 0 Å². The zero-order chi connectivity index (χ0) is 28.8. The summed E-state index contributed by atoms with van der Waals surface area (Å²) in [7, 11) is 0. The maximum Gasteiger partial charge on any atom is 0.0547 e. The van der Waals surface area contributed by atoms with E-state index < -0.39 is 0 Å².